The number of benzene rings is 4. The Balaban J connectivity index is 0.000000236. The second-order valence-corrected chi connectivity index (χ2v) is 12.1. The van der Waals surface area contributed by atoms with E-state index in [0.29, 0.717) is 0 Å². The number of rotatable bonds is 4. The van der Waals surface area contributed by atoms with Crippen molar-refractivity contribution in [2.45, 2.75) is 81.6 Å². The van der Waals surface area contributed by atoms with E-state index in [1.807, 2.05) is 55.4 Å². The van der Waals surface area contributed by atoms with Crippen molar-refractivity contribution >= 4 is 11.7 Å². The summed E-state index contributed by atoms with van der Waals surface area (Å²) in [6.07, 6.45) is 0. The molecule has 4 aliphatic rings. The number of hydrogen-bond acceptors (Lipinski definition) is 6. The van der Waals surface area contributed by atoms with E-state index in [4.69, 9.17) is 9.98 Å². The summed E-state index contributed by atoms with van der Waals surface area (Å²) in [6.45, 7) is 28.5. The highest BCUT2D eigenvalue weighted by Crippen LogP contribution is 2.23. The van der Waals surface area contributed by atoms with Gasteiger partial charge in [0.1, 0.15) is 11.7 Å². The van der Waals surface area contributed by atoms with Crippen LogP contribution in [0.15, 0.2) is 119 Å². The molecule has 8 rings (SSSR count). The molecule has 0 radical (unpaired) electrons. The van der Waals surface area contributed by atoms with Crippen molar-refractivity contribution in [2.24, 2.45) is 9.98 Å². The Bertz CT molecular complexity index is 1460. The lowest BCUT2D eigenvalue weighted by molar-refractivity contribution is 0.176. The van der Waals surface area contributed by atoms with Gasteiger partial charge in [0.05, 0.1) is 13.1 Å². The monoisotopic (exact) mass is 703 g/mol. The first-order valence-corrected chi connectivity index (χ1v) is 20.1. The maximum absolute atomic E-state index is 4.76. The van der Waals surface area contributed by atoms with Gasteiger partial charge in [0.2, 0.25) is 0 Å². The predicted molar refractivity (Wildman–Crippen MR) is 225 cm³/mol. The van der Waals surface area contributed by atoms with Gasteiger partial charge in [-0.1, -0.05) is 165 Å². The molecule has 2 fully saturated rings. The van der Waals surface area contributed by atoms with Crippen LogP contribution in [0.25, 0.3) is 0 Å². The van der Waals surface area contributed by atoms with Crippen LogP contribution in [0.5, 0.6) is 0 Å². The highest BCUT2D eigenvalue weighted by Gasteiger charge is 2.26. The molecule has 4 aromatic rings. The van der Waals surface area contributed by atoms with Crippen LogP contribution >= 0.6 is 0 Å². The van der Waals surface area contributed by atoms with Crippen LogP contribution < -0.4 is 0 Å². The number of amidine groups is 2. The molecule has 4 aromatic carbocycles. The van der Waals surface area contributed by atoms with Crippen molar-refractivity contribution in [2.75, 3.05) is 52.4 Å². The highest BCUT2D eigenvalue weighted by atomic mass is 15.3. The number of hydrogen-bond donors (Lipinski definition) is 0. The molecular formula is C46H66N6. The van der Waals surface area contributed by atoms with Crippen LogP contribution in [-0.4, -0.2) is 83.6 Å². The van der Waals surface area contributed by atoms with Crippen LogP contribution in [0, 0.1) is 0 Å². The lowest BCUT2D eigenvalue weighted by Crippen LogP contribution is -2.48. The van der Waals surface area contributed by atoms with Gasteiger partial charge >= 0.3 is 0 Å². The number of fused-ring (bicyclic) bond motifs is 2. The smallest absolute Gasteiger partial charge is 0.131 e. The average Bonchev–Trinajstić information content (AvgIpc) is 3.88. The molecule has 4 aliphatic heterocycles. The number of piperazine rings is 2. The lowest BCUT2D eigenvalue weighted by atomic mass is 10.1. The van der Waals surface area contributed by atoms with Crippen molar-refractivity contribution in [3.05, 3.63) is 143 Å². The van der Waals surface area contributed by atoms with Gasteiger partial charge in [0, 0.05) is 76.6 Å². The Hall–Kier alpha value is -4.26. The Morgan fingerprint density at radius 3 is 1.04 bits per heavy atom. The molecular weight excluding hydrogens is 637 g/mol. The number of aliphatic imine (C=N–C) groups is 2. The van der Waals surface area contributed by atoms with Gasteiger partial charge in [-0.2, -0.15) is 0 Å². The van der Waals surface area contributed by atoms with Crippen molar-refractivity contribution in [1.82, 2.24) is 19.6 Å². The highest BCUT2D eigenvalue weighted by molar-refractivity contribution is 6.02. The molecule has 0 aliphatic carbocycles. The first-order chi connectivity index (χ1) is 25.8. The molecule has 0 saturated carbocycles. The first kappa shape index (κ1) is 42.2. The minimum atomic E-state index is 0.843. The van der Waals surface area contributed by atoms with Gasteiger partial charge in [0.25, 0.3) is 0 Å². The van der Waals surface area contributed by atoms with Gasteiger partial charge in [-0.05, 0) is 22.3 Å². The van der Waals surface area contributed by atoms with Gasteiger partial charge < -0.3 is 9.80 Å². The summed E-state index contributed by atoms with van der Waals surface area (Å²) in [4.78, 5) is 19.5. The topological polar surface area (TPSA) is 37.7 Å². The molecule has 0 spiro atoms. The van der Waals surface area contributed by atoms with Crippen molar-refractivity contribution in [3.8, 4) is 0 Å². The fourth-order valence-electron chi connectivity index (χ4n) is 6.70. The summed E-state index contributed by atoms with van der Waals surface area (Å²) in [5.74, 6) is 2.41. The molecule has 0 amide bonds. The zero-order valence-electron chi connectivity index (χ0n) is 33.6. The molecule has 0 aromatic heterocycles. The third kappa shape index (κ3) is 11.9. The fourth-order valence-corrected chi connectivity index (χ4v) is 6.70. The Kier molecular flexibility index (Phi) is 19.5. The van der Waals surface area contributed by atoms with E-state index in [1.165, 1.54) is 45.1 Å². The van der Waals surface area contributed by atoms with Gasteiger partial charge in [0.15, 0.2) is 0 Å². The molecule has 0 N–H and O–H groups in total. The van der Waals surface area contributed by atoms with E-state index < -0.39 is 0 Å². The van der Waals surface area contributed by atoms with Gasteiger partial charge in [-0.3, -0.25) is 19.8 Å². The summed E-state index contributed by atoms with van der Waals surface area (Å²) >= 11 is 0. The van der Waals surface area contributed by atoms with Crippen molar-refractivity contribution in [3.63, 3.8) is 0 Å². The largest absolute Gasteiger partial charge is 0.354 e. The molecule has 0 bridgehead atoms. The second kappa shape index (κ2) is 24.1. The van der Waals surface area contributed by atoms with Crippen molar-refractivity contribution < 1.29 is 0 Å². The summed E-state index contributed by atoms with van der Waals surface area (Å²) in [5, 5.41) is 0. The molecule has 6 nitrogen and oxygen atoms in total. The molecule has 6 heteroatoms. The zero-order valence-corrected chi connectivity index (χ0v) is 33.6. The zero-order chi connectivity index (χ0) is 37.6. The van der Waals surface area contributed by atoms with E-state index in [-0.39, 0.29) is 0 Å². The third-order valence-corrected chi connectivity index (χ3v) is 9.16. The normalized spacial score (nSPS) is 15.8. The van der Waals surface area contributed by atoms with Crippen LogP contribution in [-0.2, 0) is 26.2 Å². The van der Waals surface area contributed by atoms with E-state index in [2.05, 4.69) is 129 Å². The van der Waals surface area contributed by atoms with Crippen LogP contribution in [0.4, 0.5) is 0 Å². The first-order valence-electron chi connectivity index (χ1n) is 20.1. The van der Waals surface area contributed by atoms with E-state index in [9.17, 15) is 0 Å². The predicted octanol–water partition coefficient (Wildman–Crippen LogP) is 9.63. The fraction of sp³-hybridized carbons (Fsp3) is 0.435. The lowest BCUT2D eigenvalue weighted by Gasteiger charge is -2.36. The average molecular weight is 703 g/mol. The third-order valence-electron chi connectivity index (χ3n) is 9.16. The molecule has 280 valence electrons. The van der Waals surface area contributed by atoms with E-state index in [1.54, 1.807) is 0 Å². The molecule has 52 heavy (non-hydrogen) atoms. The quantitative estimate of drug-likeness (QED) is 0.212. The number of nitrogens with zero attached hydrogens (tertiary/aromatic N) is 6. The summed E-state index contributed by atoms with van der Waals surface area (Å²) in [6, 6.07) is 38.7. The molecule has 4 heterocycles. The molecule has 0 atom stereocenters. The Morgan fingerprint density at radius 2 is 0.692 bits per heavy atom. The Labute approximate surface area is 316 Å². The van der Waals surface area contributed by atoms with E-state index >= 15 is 0 Å². The van der Waals surface area contributed by atoms with Crippen LogP contribution in [0.2, 0.25) is 0 Å². The molecule has 2 saturated heterocycles. The summed E-state index contributed by atoms with van der Waals surface area (Å²) in [5.41, 5.74) is 8.20. The maximum Gasteiger partial charge on any atom is 0.131 e. The SMILES string of the molecule is CC.CC.CC.CC.c1ccc(CN2CCN(C3=NCc4ccccc43)CC2)cc1.c1ccc(CN2CCN(C3=NCc4ccccc43)CC2)cc1. The van der Waals surface area contributed by atoms with Crippen LogP contribution in [0.3, 0.4) is 0 Å². The summed E-state index contributed by atoms with van der Waals surface area (Å²) < 4.78 is 0. The van der Waals surface area contributed by atoms with E-state index in [0.717, 1.165) is 78.5 Å². The maximum atomic E-state index is 4.76. The summed E-state index contributed by atoms with van der Waals surface area (Å²) in [7, 11) is 0. The Morgan fingerprint density at radius 1 is 0.385 bits per heavy atom. The van der Waals surface area contributed by atoms with Gasteiger partial charge in [-0.15, -0.1) is 0 Å². The molecule has 0 unspecified atom stereocenters. The van der Waals surface area contributed by atoms with Crippen LogP contribution in [0.1, 0.15) is 88.8 Å². The minimum absolute atomic E-state index is 0.843. The second-order valence-electron chi connectivity index (χ2n) is 12.1. The standard InChI is InChI=1S/2C19H21N3.4C2H6/c2*1-2-6-16(7-3-1)15-21-10-12-22(13-11-21)19-18-9-5-4-8-17(18)14-20-19;4*1-2/h2*1-9H,10-15H2;4*1-2H3. The minimum Gasteiger partial charge on any atom is -0.354 e. The van der Waals surface area contributed by atoms with Gasteiger partial charge in [-0.25, -0.2) is 0 Å². The van der Waals surface area contributed by atoms with Crippen molar-refractivity contribution in [1.29, 1.82) is 0 Å².